The maximum absolute atomic E-state index is 15.5. The van der Waals surface area contributed by atoms with Crippen molar-refractivity contribution in [3.05, 3.63) is 58.1 Å². The van der Waals surface area contributed by atoms with E-state index in [1.54, 1.807) is 0 Å². The van der Waals surface area contributed by atoms with Crippen molar-refractivity contribution in [1.29, 1.82) is 0 Å². The van der Waals surface area contributed by atoms with Crippen LogP contribution in [-0.2, 0) is 52.3 Å². The molecule has 0 radical (unpaired) electrons. The van der Waals surface area contributed by atoms with E-state index in [9.17, 15) is 29.1 Å². The number of cyclic esters (lactones) is 1. The zero-order valence-electron chi connectivity index (χ0n) is 46.3. The average Bonchev–Trinajstić information content (AvgIpc) is 1.75. The van der Waals surface area contributed by atoms with Gasteiger partial charge in [-0.3, -0.25) is 4.79 Å². The van der Waals surface area contributed by atoms with Gasteiger partial charge in [0, 0.05) is 16.7 Å². The van der Waals surface area contributed by atoms with E-state index in [1.165, 1.54) is 96.4 Å². The molecule has 4 aromatic rings. The van der Waals surface area contributed by atoms with Crippen LogP contribution in [0, 0.1) is 0 Å². The van der Waals surface area contributed by atoms with E-state index in [4.69, 9.17) is 94.7 Å². The van der Waals surface area contributed by atoms with Crippen molar-refractivity contribution in [3.8, 4) is 80.1 Å². The third-order valence-electron chi connectivity index (χ3n) is 13.9. The quantitative estimate of drug-likeness (QED) is 0.104. The standard InChI is InChI=1S/C54H56O28/c1-63-25-14-21(15-26(64-2)37(25)69-7)47(57)81-52-46(79-50(60)24-18-29(67-5)40(72-10)43(75-13)34(24)35-44-51(61)82-54(35,53(62)80-44)19-31(55)68-6)45-36(56)30(77-52)20-76-48(58)22-16-27(65-3)38(70-8)41(73-11)32(22)33-23(49(59)78-45)17-28(66-4)39(71-9)42(33)74-12/h14-18,30,35-36,44-46,52,56H,19-20H2,1-13H3/t30-,35?,36-,44-,45+,46-,52+,54-/m1/s1. The summed E-state index contributed by atoms with van der Waals surface area (Å²) in [6.45, 7) is -0.913. The number of rotatable bonds is 19. The highest BCUT2D eigenvalue weighted by Crippen LogP contribution is 2.58. The van der Waals surface area contributed by atoms with Crippen molar-refractivity contribution in [2.24, 2.45) is 0 Å². The molecule has 3 saturated heterocycles. The van der Waals surface area contributed by atoms with Gasteiger partial charge in [0.15, 0.2) is 52.1 Å². The monoisotopic (exact) mass is 1150 g/mol. The van der Waals surface area contributed by atoms with Crippen molar-refractivity contribution in [2.45, 2.75) is 54.7 Å². The molecule has 0 aliphatic carbocycles. The topological polar surface area (TPSA) is 324 Å². The summed E-state index contributed by atoms with van der Waals surface area (Å²) in [4.78, 5) is 101. The van der Waals surface area contributed by atoms with Crippen molar-refractivity contribution in [3.63, 3.8) is 0 Å². The third-order valence-corrected chi connectivity index (χ3v) is 13.9. The molecule has 1 unspecified atom stereocenters. The fraction of sp³-hybridized carbons (Fsp3) is 0.426. The lowest BCUT2D eigenvalue weighted by Crippen LogP contribution is -2.62. The van der Waals surface area contributed by atoms with Crippen molar-refractivity contribution in [1.82, 2.24) is 0 Å². The third kappa shape index (κ3) is 9.75. The van der Waals surface area contributed by atoms with Crippen LogP contribution in [0.25, 0.3) is 11.1 Å². The number of aliphatic hydroxyl groups is 1. The molecule has 28 heteroatoms. The lowest BCUT2D eigenvalue weighted by Gasteiger charge is -2.43. The summed E-state index contributed by atoms with van der Waals surface area (Å²) in [6.07, 6.45) is -13.5. The molecule has 82 heavy (non-hydrogen) atoms. The van der Waals surface area contributed by atoms with Crippen LogP contribution in [0.3, 0.4) is 0 Å². The van der Waals surface area contributed by atoms with Gasteiger partial charge in [0.1, 0.15) is 18.8 Å². The minimum absolute atomic E-state index is 0.0131. The minimum atomic E-state index is -2.48. The Bertz CT molecular complexity index is 3200. The Morgan fingerprint density at radius 1 is 0.561 bits per heavy atom. The van der Waals surface area contributed by atoms with Crippen molar-refractivity contribution >= 4 is 41.8 Å². The second-order valence-corrected chi connectivity index (χ2v) is 17.8. The number of hydrogen-bond acceptors (Lipinski definition) is 28. The molecular weight excluding hydrogens is 1100 g/mol. The number of benzene rings is 4. The molecule has 8 rings (SSSR count). The molecule has 4 aliphatic rings. The molecule has 0 spiro atoms. The van der Waals surface area contributed by atoms with Gasteiger partial charge in [-0.2, -0.15) is 0 Å². The number of carbonyl (C=O) groups is 7. The predicted molar refractivity (Wildman–Crippen MR) is 270 cm³/mol. The first-order valence-electron chi connectivity index (χ1n) is 24.3. The summed E-state index contributed by atoms with van der Waals surface area (Å²) in [5.41, 5.74) is -5.07. The molecule has 4 heterocycles. The van der Waals surface area contributed by atoms with Gasteiger partial charge < -0.3 is 99.8 Å². The normalized spacial score (nSPS) is 22.3. The number of hydrogen-bond donors (Lipinski definition) is 1. The highest BCUT2D eigenvalue weighted by Gasteiger charge is 2.72. The second kappa shape index (κ2) is 23.8. The SMILES string of the molecule is COC(=O)C[C@]12OC(=O)[C@H](OC1=O)C2c1c(C(=O)O[C@H]2[C@H](OC(=O)c3cc(OC)c(OC)c(OC)c3)O[C@@H]3COC(=O)c4cc(OC)c(OC)c(OC)c4-c4c(cc(OC)c(OC)c4OC)C(=O)O[C@H]2[C@@H]3O)cc(OC)c(OC)c1OC. The van der Waals surface area contributed by atoms with Crippen LogP contribution in [0.4, 0.5) is 0 Å². The maximum Gasteiger partial charge on any atom is 0.352 e. The first kappa shape index (κ1) is 58.8. The summed E-state index contributed by atoms with van der Waals surface area (Å²) >= 11 is 0. The Morgan fingerprint density at radius 2 is 1.05 bits per heavy atom. The minimum Gasteiger partial charge on any atom is -0.493 e. The zero-order chi connectivity index (χ0) is 59.6. The lowest BCUT2D eigenvalue weighted by molar-refractivity contribution is -0.283. The van der Waals surface area contributed by atoms with Gasteiger partial charge in [-0.05, 0) is 30.3 Å². The van der Waals surface area contributed by atoms with E-state index in [0.717, 1.165) is 26.4 Å². The highest BCUT2D eigenvalue weighted by molar-refractivity contribution is 6.09. The summed E-state index contributed by atoms with van der Waals surface area (Å²) in [5.74, 6) is -11.8. The van der Waals surface area contributed by atoms with Gasteiger partial charge in [0.2, 0.25) is 47.1 Å². The molecule has 440 valence electrons. The molecule has 0 aromatic heterocycles. The average molecular weight is 1150 g/mol. The van der Waals surface area contributed by atoms with E-state index < -0.39 is 114 Å². The van der Waals surface area contributed by atoms with E-state index in [1.807, 2.05) is 0 Å². The van der Waals surface area contributed by atoms with Gasteiger partial charge in [-0.1, -0.05) is 0 Å². The summed E-state index contributed by atoms with van der Waals surface area (Å²) < 4.78 is 114. The van der Waals surface area contributed by atoms with Crippen LogP contribution < -0.4 is 56.8 Å². The smallest absolute Gasteiger partial charge is 0.352 e. The fourth-order valence-electron chi connectivity index (χ4n) is 10.2. The van der Waals surface area contributed by atoms with Crippen LogP contribution in [0.1, 0.15) is 59.3 Å². The second-order valence-electron chi connectivity index (χ2n) is 17.8. The van der Waals surface area contributed by atoms with Crippen LogP contribution >= 0.6 is 0 Å². The van der Waals surface area contributed by atoms with Crippen LogP contribution in [0.2, 0.25) is 0 Å². The Hall–Kier alpha value is -9.31. The molecule has 28 nitrogen and oxygen atoms in total. The Morgan fingerprint density at radius 3 is 1.55 bits per heavy atom. The van der Waals surface area contributed by atoms with Gasteiger partial charge in [0.05, 0.1) is 127 Å². The first-order valence-corrected chi connectivity index (χ1v) is 24.3. The van der Waals surface area contributed by atoms with E-state index >= 15 is 9.59 Å². The van der Waals surface area contributed by atoms with Crippen molar-refractivity contribution in [2.75, 3.05) is 99.0 Å². The van der Waals surface area contributed by atoms with Gasteiger partial charge in [0.25, 0.3) is 0 Å². The summed E-state index contributed by atoms with van der Waals surface area (Å²) in [6, 6.07) is 5.85. The highest BCUT2D eigenvalue weighted by atomic mass is 16.7. The molecule has 8 atom stereocenters. The van der Waals surface area contributed by atoms with Gasteiger partial charge in [-0.15, -0.1) is 0 Å². The van der Waals surface area contributed by atoms with Crippen LogP contribution in [0.5, 0.6) is 69.0 Å². The van der Waals surface area contributed by atoms with Crippen molar-refractivity contribution < 1.29 is 133 Å². The number of ether oxygens (including phenoxy) is 20. The van der Waals surface area contributed by atoms with E-state index in [0.29, 0.717) is 0 Å². The lowest BCUT2D eigenvalue weighted by atomic mass is 9.78. The van der Waals surface area contributed by atoms with E-state index in [2.05, 4.69) is 0 Å². The van der Waals surface area contributed by atoms with Gasteiger partial charge in [-0.25, -0.2) is 28.8 Å². The molecule has 4 aromatic carbocycles. The summed E-state index contributed by atoms with van der Waals surface area (Å²) in [7, 11) is 16.0. The van der Waals surface area contributed by atoms with Crippen LogP contribution in [-0.4, -0.2) is 188 Å². The molecule has 1 N–H and O–H groups in total. The Balaban J connectivity index is 1.37. The largest absolute Gasteiger partial charge is 0.493 e. The number of methoxy groups -OCH3 is 13. The number of esters is 7. The molecule has 4 bridgehead atoms. The molecule has 3 fully saturated rings. The number of aliphatic hydroxyl groups excluding tert-OH is 1. The maximum atomic E-state index is 15.5. The zero-order valence-corrected chi connectivity index (χ0v) is 46.3. The predicted octanol–water partition coefficient (Wildman–Crippen LogP) is 3.19. The Labute approximate surface area is 466 Å². The number of carbonyl (C=O) groups excluding carboxylic acids is 7. The molecule has 0 saturated carbocycles. The Kier molecular flexibility index (Phi) is 17.1. The molecule has 0 amide bonds. The number of fused-ring (bicyclic) bond motifs is 7. The first-order chi connectivity index (χ1) is 39.4. The molecule has 4 aliphatic heterocycles. The van der Waals surface area contributed by atoms with Gasteiger partial charge >= 0.3 is 41.8 Å². The van der Waals surface area contributed by atoms with Crippen LogP contribution in [0.15, 0.2) is 30.3 Å². The van der Waals surface area contributed by atoms with E-state index in [-0.39, 0.29) is 96.8 Å². The molecular formula is C54H56O28. The fourth-order valence-corrected chi connectivity index (χ4v) is 10.2. The summed E-state index contributed by atoms with van der Waals surface area (Å²) in [5, 5.41) is 12.5.